The van der Waals surface area contributed by atoms with E-state index in [2.05, 4.69) is 60.6 Å². The van der Waals surface area contributed by atoms with E-state index in [0.717, 1.165) is 47.8 Å². The van der Waals surface area contributed by atoms with Gasteiger partial charge in [0.15, 0.2) is 5.65 Å². The fourth-order valence-electron chi connectivity index (χ4n) is 4.19. The number of fused-ring (bicyclic) bond motifs is 1. The maximum atomic E-state index is 11.9. The molecule has 0 spiro atoms. The van der Waals surface area contributed by atoms with E-state index in [0.29, 0.717) is 24.2 Å². The summed E-state index contributed by atoms with van der Waals surface area (Å²) < 4.78 is 1.85. The maximum absolute atomic E-state index is 11.9. The highest BCUT2D eigenvalue weighted by Crippen LogP contribution is 2.26. The lowest BCUT2D eigenvalue weighted by molar-refractivity contribution is -0.112. The number of nitrogens with one attached hydrogen (secondary N) is 4. The first-order chi connectivity index (χ1) is 16.6. The van der Waals surface area contributed by atoms with Crippen LogP contribution >= 0.6 is 11.6 Å². The molecule has 0 radical (unpaired) electrons. The summed E-state index contributed by atoms with van der Waals surface area (Å²) in [6.07, 6.45) is 4.08. The Morgan fingerprint density at radius 1 is 1.34 bits per heavy atom. The number of rotatable bonds is 8. The van der Waals surface area contributed by atoms with E-state index < -0.39 is 5.91 Å². The van der Waals surface area contributed by atoms with Crippen molar-refractivity contribution in [2.24, 2.45) is 0 Å². The zero-order valence-electron chi connectivity index (χ0n) is 20.8. The Hall–Kier alpha value is -3.10. The van der Waals surface area contributed by atoms with E-state index in [9.17, 15) is 4.79 Å². The van der Waals surface area contributed by atoms with Gasteiger partial charge in [0.25, 0.3) is 5.91 Å². The van der Waals surface area contributed by atoms with Crippen LogP contribution in [0.5, 0.6) is 0 Å². The number of halogens is 1. The van der Waals surface area contributed by atoms with Gasteiger partial charge >= 0.3 is 0 Å². The van der Waals surface area contributed by atoms with Crippen LogP contribution in [0.25, 0.3) is 5.65 Å². The summed E-state index contributed by atoms with van der Waals surface area (Å²) in [5, 5.41) is 18.0. The monoisotopic (exact) mass is 495 g/mol. The fourth-order valence-corrected chi connectivity index (χ4v) is 4.24. The van der Waals surface area contributed by atoms with Crippen LogP contribution in [0.1, 0.15) is 57.6 Å². The highest BCUT2D eigenvalue weighted by molar-refractivity contribution is 6.43. The molecule has 1 saturated heterocycles. The van der Waals surface area contributed by atoms with Gasteiger partial charge in [0, 0.05) is 42.0 Å². The van der Waals surface area contributed by atoms with E-state index in [1.54, 1.807) is 0 Å². The minimum absolute atomic E-state index is 0.0518. The second-order valence-electron chi connectivity index (χ2n) is 10.1. The standard InChI is InChI=1S/C26H34ClN7O/c1-16(2)21-15-30-34-23(28-13-18-7-6-8-19(11-18)32-25(35)17(3)27)12-22(33-24(21)34)31-20-9-10-26(4,5)29-14-20/h6-8,11-12,15-16,20,28-29H,3,9-10,13-14H2,1-2,4-5H3,(H,31,33)(H,32,35). The third-order valence-electron chi connectivity index (χ3n) is 6.32. The molecule has 4 rings (SSSR count). The van der Waals surface area contributed by atoms with Crippen molar-refractivity contribution in [2.45, 2.75) is 64.6 Å². The van der Waals surface area contributed by atoms with Gasteiger partial charge in [-0.3, -0.25) is 4.79 Å². The second-order valence-corrected chi connectivity index (χ2v) is 10.5. The molecule has 3 heterocycles. The molecule has 0 aliphatic carbocycles. The lowest BCUT2D eigenvalue weighted by Gasteiger charge is -2.36. The quantitative estimate of drug-likeness (QED) is 0.325. The number of nitrogens with zero attached hydrogens (tertiary/aromatic N) is 3. The number of carbonyl (C=O) groups is 1. The smallest absolute Gasteiger partial charge is 0.266 e. The summed E-state index contributed by atoms with van der Waals surface area (Å²) >= 11 is 5.69. The lowest BCUT2D eigenvalue weighted by Crippen LogP contribution is -2.50. The van der Waals surface area contributed by atoms with Gasteiger partial charge < -0.3 is 21.3 Å². The van der Waals surface area contributed by atoms with E-state index >= 15 is 0 Å². The summed E-state index contributed by atoms with van der Waals surface area (Å²) in [6.45, 7) is 13.7. The van der Waals surface area contributed by atoms with Gasteiger partial charge in [-0.15, -0.1) is 0 Å². The molecular formula is C26H34ClN7O. The first kappa shape index (κ1) is 25.0. The summed E-state index contributed by atoms with van der Waals surface area (Å²) in [7, 11) is 0. The summed E-state index contributed by atoms with van der Waals surface area (Å²) in [6, 6.07) is 9.92. The van der Waals surface area contributed by atoms with Gasteiger partial charge in [0.1, 0.15) is 11.6 Å². The Morgan fingerprint density at radius 2 is 2.14 bits per heavy atom. The highest BCUT2D eigenvalue weighted by Gasteiger charge is 2.26. The largest absolute Gasteiger partial charge is 0.366 e. The van der Waals surface area contributed by atoms with Crippen LogP contribution in [-0.4, -0.2) is 38.6 Å². The molecule has 0 bridgehead atoms. The van der Waals surface area contributed by atoms with Crippen molar-refractivity contribution in [1.29, 1.82) is 0 Å². The first-order valence-electron chi connectivity index (χ1n) is 12.0. The van der Waals surface area contributed by atoms with E-state index in [-0.39, 0.29) is 10.6 Å². The van der Waals surface area contributed by atoms with Gasteiger partial charge in [0.2, 0.25) is 0 Å². The number of aromatic nitrogens is 3. The van der Waals surface area contributed by atoms with Crippen molar-refractivity contribution in [1.82, 2.24) is 19.9 Å². The zero-order valence-corrected chi connectivity index (χ0v) is 21.5. The van der Waals surface area contributed by atoms with Crippen molar-refractivity contribution in [3.63, 3.8) is 0 Å². The Kier molecular flexibility index (Phi) is 7.33. The Bertz CT molecular complexity index is 1220. The van der Waals surface area contributed by atoms with Crippen LogP contribution in [0.15, 0.2) is 48.1 Å². The predicted octanol–water partition coefficient (Wildman–Crippen LogP) is 5.10. The Morgan fingerprint density at radius 3 is 2.83 bits per heavy atom. The number of piperidine rings is 1. The van der Waals surface area contributed by atoms with Crippen molar-refractivity contribution in [3.8, 4) is 0 Å². The Labute approximate surface area is 211 Å². The zero-order chi connectivity index (χ0) is 25.2. The maximum Gasteiger partial charge on any atom is 0.266 e. The molecule has 1 amide bonds. The van der Waals surface area contributed by atoms with Crippen molar-refractivity contribution in [3.05, 3.63) is 59.3 Å². The molecule has 2 aromatic heterocycles. The molecule has 1 aliphatic heterocycles. The summed E-state index contributed by atoms with van der Waals surface area (Å²) in [5.74, 6) is 1.56. The number of hydrogen-bond donors (Lipinski definition) is 4. The topological polar surface area (TPSA) is 95.4 Å². The van der Waals surface area contributed by atoms with Crippen LogP contribution < -0.4 is 21.3 Å². The van der Waals surface area contributed by atoms with Gasteiger partial charge in [-0.05, 0) is 50.3 Å². The van der Waals surface area contributed by atoms with E-state index in [4.69, 9.17) is 16.6 Å². The van der Waals surface area contributed by atoms with Crippen LogP contribution in [0.3, 0.4) is 0 Å². The number of anilines is 3. The predicted molar refractivity (Wildman–Crippen MR) is 143 cm³/mol. The number of hydrogen-bond acceptors (Lipinski definition) is 6. The molecule has 35 heavy (non-hydrogen) atoms. The number of benzene rings is 1. The van der Waals surface area contributed by atoms with Gasteiger partial charge in [-0.25, -0.2) is 4.98 Å². The molecule has 1 atom stereocenters. The van der Waals surface area contributed by atoms with Crippen molar-refractivity contribution < 1.29 is 4.79 Å². The van der Waals surface area contributed by atoms with Gasteiger partial charge in [0.05, 0.1) is 11.2 Å². The third kappa shape index (κ3) is 6.13. The van der Waals surface area contributed by atoms with Crippen LogP contribution in [0.4, 0.5) is 17.3 Å². The molecule has 1 unspecified atom stereocenters. The molecule has 186 valence electrons. The van der Waals surface area contributed by atoms with E-state index in [1.165, 1.54) is 0 Å². The molecule has 1 aliphatic rings. The Balaban J connectivity index is 1.56. The molecule has 8 nitrogen and oxygen atoms in total. The lowest BCUT2D eigenvalue weighted by atomic mass is 9.91. The average molecular weight is 496 g/mol. The van der Waals surface area contributed by atoms with Gasteiger partial charge in [-0.2, -0.15) is 9.61 Å². The van der Waals surface area contributed by atoms with Crippen LogP contribution in [-0.2, 0) is 11.3 Å². The van der Waals surface area contributed by atoms with Gasteiger partial charge in [-0.1, -0.05) is 44.2 Å². The van der Waals surface area contributed by atoms with E-state index in [1.807, 2.05) is 41.0 Å². The fraction of sp³-hybridized carbons (Fsp3) is 0.423. The van der Waals surface area contributed by atoms with Crippen molar-refractivity contribution >= 4 is 40.5 Å². The highest BCUT2D eigenvalue weighted by atomic mass is 35.5. The molecule has 3 aromatic rings. The molecule has 4 N–H and O–H groups in total. The minimum atomic E-state index is -0.415. The normalized spacial score (nSPS) is 17.4. The molecule has 1 aromatic carbocycles. The molecule has 9 heteroatoms. The van der Waals surface area contributed by atoms with Crippen LogP contribution in [0, 0.1) is 0 Å². The second kappa shape index (κ2) is 10.3. The van der Waals surface area contributed by atoms with Crippen molar-refractivity contribution in [2.75, 3.05) is 22.5 Å². The number of amides is 1. The average Bonchev–Trinajstić information content (AvgIpc) is 3.23. The summed E-state index contributed by atoms with van der Waals surface area (Å²) in [5.41, 5.74) is 3.78. The minimum Gasteiger partial charge on any atom is -0.366 e. The molecule has 1 fully saturated rings. The molecule has 0 saturated carbocycles. The molecular weight excluding hydrogens is 462 g/mol. The third-order valence-corrected chi connectivity index (χ3v) is 6.49. The summed E-state index contributed by atoms with van der Waals surface area (Å²) in [4.78, 5) is 16.8. The first-order valence-corrected chi connectivity index (χ1v) is 12.4. The van der Waals surface area contributed by atoms with Crippen LogP contribution in [0.2, 0.25) is 0 Å². The number of carbonyl (C=O) groups excluding carboxylic acids is 1. The SMILES string of the molecule is C=C(Cl)C(=O)Nc1cccc(CNc2cc(NC3CCC(C)(C)NC3)nc3c(C(C)C)cnn23)c1.